The van der Waals surface area contributed by atoms with E-state index in [2.05, 4.69) is 36.9 Å². The summed E-state index contributed by atoms with van der Waals surface area (Å²) >= 11 is 8.24. The minimum atomic E-state index is -1.31. The van der Waals surface area contributed by atoms with Crippen LogP contribution in [-0.4, -0.2) is 107 Å². The molecule has 89 heavy (non-hydrogen) atoms. The van der Waals surface area contributed by atoms with Gasteiger partial charge in [-0.05, 0) is 49.4 Å². The number of nitrogens with zero attached hydrogens (tertiary/aromatic N) is 8. The second-order valence-electron chi connectivity index (χ2n) is 20.4. The number of unbranched alkanes of at least 4 members (excludes halogenated alkanes) is 2. The number of amides is 6. The van der Waals surface area contributed by atoms with Crippen LogP contribution in [0.2, 0.25) is 0 Å². The number of carboxylic acids is 1. The average molecular weight is 1330 g/mol. The van der Waals surface area contributed by atoms with Crippen molar-refractivity contribution in [2.45, 2.75) is 87.9 Å². The predicted molar refractivity (Wildman–Crippen MR) is 340 cm³/mol. The number of thiazole rings is 6. The lowest BCUT2D eigenvalue weighted by atomic mass is 10.0. The van der Waals surface area contributed by atoms with E-state index < -0.39 is 72.2 Å². The van der Waals surface area contributed by atoms with Crippen LogP contribution in [-0.2, 0) is 20.1 Å². The first-order valence-electron chi connectivity index (χ1n) is 27.7. The van der Waals surface area contributed by atoms with E-state index >= 15 is 0 Å². The quantitative estimate of drug-likeness (QED) is 0.0194. The van der Waals surface area contributed by atoms with Crippen molar-refractivity contribution < 1.29 is 48.5 Å². The number of carbonyl (C=O) groups excluding carboxylic acids is 6. The zero-order valence-electron chi connectivity index (χ0n) is 47.8. The normalized spacial score (nSPS) is 16.0. The fourth-order valence-electron chi connectivity index (χ4n) is 9.09. The van der Waals surface area contributed by atoms with E-state index in [1.165, 1.54) is 59.0 Å². The standard InChI is InChI=1S/C58H56N14O10S7/c1-28(2)43-58-71-46(38(89-58)27-83-41-15-10-12-20-72(41)82)51(80)61-22-40(74)68-47(48(77)30-13-7-5-8-14-30)57-67-37(26-87-57)55-64-34(23-85-55)45-31(17-18-32(62-45)54-66-35(24-86-54)49(78)60-19-11-6-9-16-42(75)76)53-65-36(25-84-53)50(79)63-33(21-39(73)59-4)56-70-44(29(3)88-56)52(81)69-43/h5,7-8,10,12-15,17-18,20,23-26,28,33,43,47-48,77H,6,9,11,16,19,21-22,27H2,1-4H3,(H,59,73)(H,60,78)(H,61,80)(H,63,79)(H,68,74)(H,69,81)(H,75,76). The molecule has 1 aliphatic rings. The third kappa shape index (κ3) is 15.4. The van der Waals surface area contributed by atoms with Gasteiger partial charge in [-0.25, -0.2) is 34.9 Å². The highest BCUT2D eigenvalue weighted by atomic mass is 32.2. The molecule has 10 bridgehead atoms. The lowest BCUT2D eigenvalue weighted by Crippen LogP contribution is -2.40. The molecule has 6 amide bonds. The lowest BCUT2D eigenvalue weighted by molar-refractivity contribution is -0.645. The number of aliphatic carboxylic acids is 1. The van der Waals surface area contributed by atoms with Crippen LogP contribution in [0.5, 0.6) is 0 Å². The summed E-state index contributed by atoms with van der Waals surface area (Å²) in [6.45, 7) is 5.21. The van der Waals surface area contributed by atoms with Gasteiger partial charge in [0.25, 0.3) is 28.7 Å². The number of carbonyl (C=O) groups is 7. The van der Waals surface area contributed by atoms with Crippen molar-refractivity contribution >= 4 is 121 Å². The maximum absolute atomic E-state index is 14.4. The second-order valence-corrected chi connectivity index (χ2v) is 27.2. The largest absolute Gasteiger partial charge is 0.618 e. The molecule has 9 aromatic rings. The van der Waals surface area contributed by atoms with Crippen molar-refractivity contribution in [2.24, 2.45) is 5.92 Å². The fourth-order valence-corrected chi connectivity index (χ4v) is 15.7. The second kappa shape index (κ2) is 28.9. The Labute approximate surface area is 536 Å². The number of carboxylic acid groups (broad SMARTS) is 1. The third-order valence-corrected chi connectivity index (χ3v) is 20.7. The zero-order valence-corrected chi connectivity index (χ0v) is 53.5. The summed E-state index contributed by atoms with van der Waals surface area (Å²) in [6, 6.07) is 14.2. The predicted octanol–water partition coefficient (Wildman–Crippen LogP) is 8.47. The maximum Gasteiger partial charge on any atom is 0.303 e. The van der Waals surface area contributed by atoms with Crippen LogP contribution in [0.4, 0.5) is 0 Å². The molecule has 0 spiro atoms. The van der Waals surface area contributed by atoms with Crippen LogP contribution >= 0.6 is 79.8 Å². The molecule has 10 rings (SSSR count). The van der Waals surface area contributed by atoms with Crippen molar-refractivity contribution in [3.05, 3.63) is 147 Å². The number of hydrogen-bond donors (Lipinski definition) is 8. The Morgan fingerprint density at radius 2 is 1.44 bits per heavy atom. The molecule has 24 nitrogen and oxygen atoms in total. The van der Waals surface area contributed by atoms with E-state index in [0.717, 1.165) is 34.0 Å². The summed E-state index contributed by atoms with van der Waals surface area (Å²) in [5, 5.41) is 59.9. The van der Waals surface area contributed by atoms with Crippen LogP contribution in [0, 0.1) is 18.0 Å². The Hall–Kier alpha value is -8.30. The molecule has 460 valence electrons. The van der Waals surface area contributed by atoms with E-state index in [0.29, 0.717) is 104 Å². The number of fused-ring (bicyclic) bond motifs is 14. The highest BCUT2D eigenvalue weighted by Crippen LogP contribution is 2.40. The molecule has 0 saturated heterocycles. The summed E-state index contributed by atoms with van der Waals surface area (Å²) < 4.78 is 0.702. The topological polar surface area (TPSA) is 349 Å². The van der Waals surface area contributed by atoms with Gasteiger partial charge in [-0.3, -0.25) is 33.6 Å². The van der Waals surface area contributed by atoms with Crippen LogP contribution in [0.3, 0.4) is 0 Å². The Morgan fingerprint density at radius 3 is 2.21 bits per heavy atom. The number of rotatable bonds is 16. The van der Waals surface area contributed by atoms with E-state index in [1.807, 2.05) is 13.8 Å². The van der Waals surface area contributed by atoms with Gasteiger partial charge in [-0.15, -0.1) is 68.0 Å². The molecule has 0 saturated carbocycles. The number of aliphatic hydroxyl groups is 1. The van der Waals surface area contributed by atoms with Gasteiger partial charge in [0.15, 0.2) is 6.20 Å². The van der Waals surface area contributed by atoms with E-state index in [1.54, 1.807) is 89.1 Å². The number of nitrogens with one attached hydrogen (secondary N) is 6. The minimum absolute atomic E-state index is 0.00735. The van der Waals surface area contributed by atoms with Crippen LogP contribution in [0.15, 0.2) is 93.4 Å². The zero-order chi connectivity index (χ0) is 62.9. The number of pyridine rings is 2. The van der Waals surface area contributed by atoms with Gasteiger partial charge in [-0.1, -0.05) is 62.4 Å². The Kier molecular flexibility index (Phi) is 20.7. The highest BCUT2D eigenvalue weighted by molar-refractivity contribution is 7.98. The number of benzene rings is 1. The molecule has 8 aromatic heterocycles. The summed E-state index contributed by atoms with van der Waals surface area (Å²) in [5.41, 5.74) is 2.67. The van der Waals surface area contributed by atoms with Crippen LogP contribution in [0.1, 0.15) is 142 Å². The van der Waals surface area contributed by atoms with Gasteiger partial charge in [0, 0.05) is 74.7 Å². The summed E-state index contributed by atoms with van der Waals surface area (Å²) in [5.74, 6) is -4.48. The SMILES string of the molecule is CNC(=O)CC1NC(=O)c2csc(n2)-c2ccc(-c3nc(C(=O)NCCCCCC(=O)O)cs3)nc2-c2csc(n2)-c2csc(n2)C(C(O)c2ccccc2)NC(=O)CNC(=O)c2nc(sc2CSc2cccc[n+]2[O-])C(C(C)C)NC(=O)c2nc1sc2C. The van der Waals surface area contributed by atoms with Gasteiger partial charge in [0.05, 0.1) is 30.7 Å². The van der Waals surface area contributed by atoms with Crippen molar-refractivity contribution in [1.82, 2.24) is 66.8 Å². The molecule has 4 unspecified atom stereocenters. The van der Waals surface area contributed by atoms with Crippen molar-refractivity contribution in [1.29, 1.82) is 0 Å². The molecular weight excluding hydrogens is 1280 g/mol. The fraction of sp³-hybridized carbons (Fsp3) is 0.293. The van der Waals surface area contributed by atoms with E-state index in [9.17, 15) is 43.9 Å². The molecule has 0 aliphatic carbocycles. The lowest BCUT2D eigenvalue weighted by Gasteiger charge is -2.23. The van der Waals surface area contributed by atoms with Gasteiger partial charge < -0.3 is 47.3 Å². The molecule has 8 N–H and O–H groups in total. The number of hydrogen-bond acceptors (Lipinski definition) is 23. The highest BCUT2D eigenvalue weighted by Gasteiger charge is 2.33. The molecule has 9 heterocycles. The van der Waals surface area contributed by atoms with Gasteiger partial charge in [-0.2, -0.15) is 4.73 Å². The first-order valence-corrected chi connectivity index (χ1v) is 33.8. The Balaban J connectivity index is 1.03. The Bertz CT molecular complexity index is 4080. The van der Waals surface area contributed by atoms with E-state index in [4.69, 9.17) is 35.0 Å². The first kappa shape index (κ1) is 63.7. The third-order valence-electron chi connectivity index (χ3n) is 13.7. The van der Waals surface area contributed by atoms with Crippen molar-refractivity contribution in [3.63, 3.8) is 0 Å². The average Bonchev–Trinajstić information content (AvgIpc) is 1.85. The van der Waals surface area contributed by atoms with Crippen molar-refractivity contribution in [2.75, 3.05) is 20.1 Å². The van der Waals surface area contributed by atoms with Crippen LogP contribution < -0.4 is 36.6 Å². The molecule has 31 heteroatoms. The number of aliphatic hydroxyl groups excluding tert-OH is 1. The molecule has 0 radical (unpaired) electrons. The Morgan fingerprint density at radius 1 is 0.708 bits per heavy atom. The number of thioether (sulfide) groups is 1. The van der Waals surface area contributed by atoms with Gasteiger partial charge >= 0.3 is 5.97 Å². The number of aryl methyl sites for hydroxylation is 1. The van der Waals surface area contributed by atoms with Gasteiger partial charge in [0.1, 0.15) is 82.0 Å². The summed E-state index contributed by atoms with van der Waals surface area (Å²) in [6.07, 6.45) is 1.57. The summed E-state index contributed by atoms with van der Waals surface area (Å²) in [7, 11) is 1.46. The molecule has 4 atom stereocenters. The maximum atomic E-state index is 14.4. The van der Waals surface area contributed by atoms with Crippen LogP contribution in [0.25, 0.3) is 43.4 Å². The van der Waals surface area contributed by atoms with E-state index in [-0.39, 0.29) is 52.3 Å². The smallest absolute Gasteiger partial charge is 0.303 e. The number of aromatic nitrogens is 8. The molecular formula is C58H56N14O10S7. The molecule has 0 fully saturated rings. The first-order chi connectivity index (χ1) is 42.9. The molecule has 1 aromatic carbocycles. The monoisotopic (exact) mass is 1330 g/mol. The van der Waals surface area contributed by atoms with Gasteiger partial charge in [0.2, 0.25) is 11.8 Å². The molecule has 1 aliphatic heterocycles. The summed E-state index contributed by atoms with van der Waals surface area (Å²) in [4.78, 5) is 129. The minimum Gasteiger partial charge on any atom is -0.618 e. The van der Waals surface area contributed by atoms with Crippen molar-refractivity contribution in [3.8, 4) is 43.4 Å².